The quantitative estimate of drug-likeness (QED) is 0.711. The molecule has 1 amide bonds. The maximum absolute atomic E-state index is 11.9. The van der Waals surface area contributed by atoms with E-state index in [4.69, 9.17) is 44.3 Å². The van der Waals surface area contributed by atoms with Crippen molar-refractivity contribution in [1.29, 1.82) is 0 Å². The van der Waals surface area contributed by atoms with E-state index in [0.717, 1.165) is 22.0 Å². The fourth-order valence-electron chi connectivity index (χ4n) is 1.82. The number of halogens is 3. The van der Waals surface area contributed by atoms with Crippen molar-refractivity contribution in [3.8, 4) is 5.75 Å². The van der Waals surface area contributed by atoms with Crippen LogP contribution in [0.1, 0.15) is 5.56 Å². The van der Waals surface area contributed by atoms with E-state index in [1.807, 2.05) is 18.2 Å². The number of hydrogen-bond donors (Lipinski definition) is 0. The number of thioether (sulfide) groups is 1. The van der Waals surface area contributed by atoms with Gasteiger partial charge < -0.3 is 14.4 Å². The number of carbonyl (C=O) groups excluding carboxylic acids is 1. The number of fused-ring (bicyclic) bond motifs is 1. The highest BCUT2D eigenvalue weighted by atomic mass is 35.6. The molecule has 0 N–H and O–H groups in total. The number of nitrogens with zero attached hydrogens (tertiary/aromatic N) is 1. The highest BCUT2D eigenvalue weighted by molar-refractivity contribution is 7.99. The van der Waals surface area contributed by atoms with Crippen molar-refractivity contribution in [2.24, 2.45) is 0 Å². The van der Waals surface area contributed by atoms with Gasteiger partial charge in [-0.2, -0.15) is 0 Å². The summed E-state index contributed by atoms with van der Waals surface area (Å²) in [6, 6.07) is 5.76. The summed E-state index contributed by atoms with van der Waals surface area (Å²) in [5.74, 6) is 1.48. The van der Waals surface area contributed by atoms with Crippen LogP contribution in [-0.4, -0.2) is 34.4 Å². The molecule has 0 radical (unpaired) electrons. The Morgan fingerprint density at radius 3 is 2.80 bits per heavy atom. The van der Waals surface area contributed by atoms with Gasteiger partial charge in [0.1, 0.15) is 5.75 Å². The van der Waals surface area contributed by atoms with Crippen LogP contribution in [0.4, 0.5) is 4.79 Å². The topological polar surface area (TPSA) is 38.8 Å². The predicted octanol–water partition coefficient (Wildman–Crippen LogP) is 4.07. The van der Waals surface area contributed by atoms with Crippen LogP contribution in [0.2, 0.25) is 0 Å². The summed E-state index contributed by atoms with van der Waals surface area (Å²) in [4.78, 5) is 14.5. The van der Waals surface area contributed by atoms with Crippen molar-refractivity contribution in [3.63, 3.8) is 0 Å². The third kappa shape index (κ3) is 4.25. The van der Waals surface area contributed by atoms with Crippen molar-refractivity contribution >= 4 is 52.7 Å². The zero-order valence-electron chi connectivity index (χ0n) is 10.6. The van der Waals surface area contributed by atoms with E-state index < -0.39 is 10.1 Å². The van der Waals surface area contributed by atoms with E-state index in [9.17, 15) is 4.79 Å². The molecule has 4 nitrogen and oxygen atoms in total. The number of benzene rings is 1. The molecule has 20 heavy (non-hydrogen) atoms. The molecule has 0 aliphatic carbocycles. The Kier molecular flexibility index (Phi) is 5.18. The molecule has 0 aromatic heterocycles. The van der Waals surface area contributed by atoms with Crippen LogP contribution in [0.25, 0.3) is 0 Å². The van der Waals surface area contributed by atoms with Crippen LogP contribution >= 0.6 is 46.6 Å². The first kappa shape index (κ1) is 15.9. The molecule has 1 aromatic rings. The molecule has 0 spiro atoms. The Balaban J connectivity index is 2.16. The largest absolute Gasteiger partial charge is 0.497 e. The molecule has 0 bridgehead atoms. The number of amides is 1. The minimum Gasteiger partial charge on any atom is -0.497 e. The van der Waals surface area contributed by atoms with Gasteiger partial charge in [0.2, 0.25) is 0 Å². The summed E-state index contributed by atoms with van der Waals surface area (Å²) in [7, 11) is 1.60. The summed E-state index contributed by atoms with van der Waals surface area (Å²) >= 11 is 18.1. The predicted molar refractivity (Wildman–Crippen MR) is 80.9 cm³/mol. The fourth-order valence-corrected chi connectivity index (χ4v) is 3.02. The van der Waals surface area contributed by atoms with Crippen molar-refractivity contribution in [2.45, 2.75) is 15.4 Å². The maximum atomic E-state index is 11.9. The third-order valence-electron chi connectivity index (χ3n) is 2.71. The molecule has 8 heteroatoms. The Hall–Kier alpha value is -0.490. The van der Waals surface area contributed by atoms with Crippen LogP contribution in [0.5, 0.6) is 5.75 Å². The second kappa shape index (κ2) is 6.52. The van der Waals surface area contributed by atoms with Crippen molar-refractivity contribution < 1.29 is 14.3 Å². The van der Waals surface area contributed by atoms with Crippen LogP contribution in [0.3, 0.4) is 0 Å². The van der Waals surface area contributed by atoms with Crippen molar-refractivity contribution in [2.75, 3.05) is 19.4 Å². The first-order chi connectivity index (χ1) is 9.39. The van der Waals surface area contributed by atoms with Gasteiger partial charge in [-0.05, 0) is 58.6 Å². The molecule has 110 valence electrons. The van der Waals surface area contributed by atoms with Gasteiger partial charge in [0.05, 0.1) is 13.7 Å². The minimum atomic E-state index is -2.05. The standard InChI is InChI=1S/C12H12Cl3NO3S/c1-18-9-2-3-10-8(6-9)7-16(4-5-20-10)11(17)19-12(13,14)15/h2-3,6H,4-5,7H2,1H3. The minimum absolute atomic E-state index is 0.388. The van der Waals surface area contributed by atoms with Gasteiger partial charge in [0, 0.05) is 17.2 Å². The summed E-state index contributed by atoms with van der Waals surface area (Å²) < 4.78 is 7.89. The number of hydrogen-bond acceptors (Lipinski definition) is 4. The Morgan fingerprint density at radius 2 is 2.15 bits per heavy atom. The van der Waals surface area contributed by atoms with Gasteiger partial charge >= 0.3 is 10.1 Å². The number of methoxy groups -OCH3 is 1. The SMILES string of the molecule is COc1ccc2c(c1)CN(C(=O)OC(Cl)(Cl)Cl)CCS2. The molecular formula is C12H12Cl3NO3S. The first-order valence-corrected chi connectivity index (χ1v) is 7.85. The lowest BCUT2D eigenvalue weighted by atomic mass is 10.2. The molecule has 0 saturated heterocycles. The normalized spacial score (nSPS) is 15.3. The summed E-state index contributed by atoms with van der Waals surface area (Å²) in [5.41, 5.74) is 0.980. The Bertz CT molecular complexity index is 507. The van der Waals surface area contributed by atoms with E-state index in [-0.39, 0.29) is 0 Å². The highest BCUT2D eigenvalue weighted by Crippen LogP contribution is 2.32. The first-order valence-electron chi connectivity index (χ1n) is 5.73. The number of rotatable bonds is 1. The fraction of sp³-hybridized carbons (Fsp3) is 0.417. The van der Waals surface area contributed by atoms with Gasteiger partial charge in [-0.25, -0.2) is 4.79 Å². The molecule has 0 fully saturated rings. The van der Waals surface area contributed by atoms with Gasteiger partial charge in [0.15, 0.2) is 0 Å². The van der Waals surface area contributed by atoms with E-state index in [2.05, 4.69) is 0 Å². The molecular weight excluding hydrogens is 345 g/mol. The highest BCUT2D eigenvalue weighted by Gasteiger charge is 2.29. The van der Waals surface area contributed by atoms with Crippen LogP contribution < -0.4 is 4.74 Å². The molecule has 0 atom stereocenters. The lowest BCUT2D eigenvalue weighted by Crippen LogP contribution is -2.34. The lowest BCUT2D eigenvalue weighted by molar-refractivity contribution is 0.0999. The van der Waals surface area contributed by atoms with Gasteiger partial charge in [-0.1, -0.05) is 0 Å². The third-order valence-corrected chi connectivity index (χ3v) is 4.04. The number of ether oxygens (including phenoxy) is 2. The smallest absolute Gasteiger partial charge is 0.413 e. The molecule has 1 aromatic carbocycles. The zero-order valence-corrected chi connectivity index (χ0v) is 13.7. The van der Waals surface area contributed by atoms with E-state index in [0.29, 0.717) is 13.1 Å². The number of carbonyl (C=O) groups is 1. The second-order valence-corrected chi connectivity index (χ2v) is 7.37. The maximum Gasteiger partial charge on any atom is 0.413 e. The van der Waals surface area contributed by atoms with Gasteiger partial charge in [-0.3, -0.25) is 0 Å². The Morgan fingerprint density at radius 1 is 1.40 bits per heavy atom. The van der Waals surface area contributed by atoms with E-state index in [1.54, 1.807) is 18.9 Å². The Labute approximate surface area is 136 Å². The van der Waals surface area contributed by atoms with Crippen molar-refractivity contribution in [1.82, 2.24) is 4.90 Å². The molecule has 0 saturated carbocycles. The summed E-state index contributed by atoms with van der Waals surface area (Å²) in [6.07, 6.45) is -0.652. The van der Waals surface area contributed by atoms with Crippen LogP contribution in [-0.2, 0) is 11.3 Å². The molecule has 1 aliphatic rings. The average Bonchev–Trinajstić information content (AvgIpc) is 2.57. The van der Waals surface area contributed by atoms with Crippen LogP contribution in [0.15, 0.2) is 23.1 Å². The van der Waals surface area contributed by atoms with E-state index in [1.165, 1.54) is 4.90 Å². The second-order valence-electron chi connectivity index (χ2n) is 4.06. The van der Waals surface area contributed by atoms with Crippen LogP contribution in [0, 0.1) is 0 Å². The van der Waals surface area contributed by atoms with Crippen molar-refractivity contribution in [3.05, 3.63) is 23.8 Å². The average molecular weight is 357 g/mol. The van der Waals surface area contributed by atoms with Gasteiger partial charge in [-0.15, -0.1) is 11.8 Å². The molecule has 2 rings (SSSR count). The number of alkyl halides is 3. The molecule has 0 unspecified atom stereocenters. The van der Waals surface area contributed by atoms with E-state index >= 15 is 0 Å². The zero-order chi connectivity index (χ0) is 14.8. The summed E-state index contributed by atoms with van der Waals surface area (Å²) in [5, 5.41) is 0. The summed E-state index contributed by atoms with van der Waals surface area (Å²) in [6.45, 7) is 0.903. The lowest BCUT2D eigenvalue weighted by Gasteiger charge is -2.22. The molecule has 1 heterocycles. The monoisotopic (exact) mass is 355 g/mol. The molecule has 1 aliphatic heterocycles. The van der Waals surface area contributed by atoms with Gasteiger partial charge in [0.25, 0.3) is 0 Å².